The first-order valence-electron chi connectivity index (χ1n) is 10.4. The lowest BCUT2D eigenvalue weighted by Crippen LogP contribution is -2.05. The standard InChI is InChI=1S/C22H24N8O2S/c1-4-31-17-10-6-15(7-11-17)24-19-26-20(25-16-8-12-18(13-9-16)32-5-2)28-21(27-19)33-22-29-23-14-30(22)3/h6-14H,4-5H2,1-3H3,(H2,24,25,26,27,28). The maximum Gasteiger partial charge on any atom is 0.233 e. The minimum Gasteiger partial charge on any atom is -0.494 e. The third-order valence-corrected chi connectivity index (χ3v) is 5.23. The molecule has 0 saturated carbocycles. The Morgan fingerprint density at radius 3 is 1.73 bits per heavy atom. The fourth-order valence-corrected chi connectivity index (χ4v) is 3.53. The molecule has 10 nitrogen and oxygen atoms in total. The van der Waals surface area contributed by atoms with Crippen molar-refractivity contribution in [1.29, 1.82) is 0 Å². The molecule has 33 heavy (non-hydrogen) atoms. The molecule has 0 radical (unpaired) electrons. The second-order valence-electron chi connectivity index (χ2n) is 6.76. The Morgan fingerprint density at radius 1 is 0.788 bits per heavy atom. The Kier molecular flexibility index (Phi) is 7.20. The van der Waals surface area contributed by atoms with Crippen molar-refractivity contribution in [3.05, 3.63) is 54.9 Å². The van der Waals surface area contributed by atoms with Crippen LogP contribution in [0.3, 0.4) is 0 Å². The highest BCUT2D eigenvalue weighted by molar-refractivity contribution is 7.99. The average molecular weight is 465 g/mol. The summed E-state index contributed by atoms with van der Waals surface area (Å²) < 4.78 is 12.8. The van der Waals surface area contributed by atoms with Gasteiger partial charge in [-0.05, 0) is 74.1 Å². The van der Waals surface area contributed by atoms with Crippen molar-refractivity contribution >= 4 is 35.0 Å². The van der Waals surface area contributed by atoms with Gasteiger partial charge < -0.3 is 24.7 Å². The van der Waals surface area contributed by atoms with Crippen molar-refractivity contribution in [2.24, 2.45) is 7.05 Å². The van der Waals surface area contributed by atoms with Crippen LogP contribution in [-0.4, -0.2) is 42.9 Å². The summed E-state index contributed by atoms with van der Waals surface area (Å²) in [6, 6.07) is 15.2. The monoisotopic (exact) mass is 464 g/mol. The van der Waals surface area contributed by atoms with E-state index in [-0.39, 0.29) is 0 Å². The highest BCUT2D eigenvalue weighted by Crippen LogP contribution is 2.26. The number of nitrogens with zero attached hydrogens (tertiary/aromatic N) is 6. The minimum atomic E-state index is 0.396. The van der Waals surface area contributed by atoms with E-state index >= 15 is 0 Å². The molecular formula is C22H24N8O2S. The smallest absolute Gasteiger partial charge is 0.233 e. The van der Waals surface area contributed by atoms with Gasteiger partial charge in [-0.15, -0.1) is 10.2 Å². The fourth-order valence-electron chi connectivity index (χ4n) is 2.82. The van der Waals surface area contributed by atoms with Crippen LogP contribution in [0.4, 0.5) is 23.3 Å². The molecule has 2 aromatic carbocycles. The van der Waals surface area contributed by atoms with E-state index in [1.54, 1.807) is 10.9 Å². The van der Waals surface area contributed by atoms with Crippen molar-refractivity contribution in [1.82, 2.24) is 29.7 Å². The number of hydrogen-bond acceptors (Lipinski definition) is 10. The molecule has 0 saturated heterocycles. The summed E-state index contributed by atoms with van der Waals surface area (Å²) in [5.74, 6) is 2.39. The van der Waals surface area contributed by atoms with Gasteiger partial charge in [0.1, 0.15) is 17.8 Å². The number of anilines is 4. The van der Waals surface area contributed by atoms with E-state index < -0.39 is 0 Å². The maximum atomic E-state index is 5.50. The molecule has 0 unspecified atom stereocenters. The van der Waals surface area contributed by atoms with Gasteiger partial charge in [0.15, 0.2) is 5.16 Å². The number of hydrogen-bond donors (Lipinski definition) is 2. The summed E-state index contributed by atoms with van der Waals surface area (Å²) in [6.07, 6.45) is 1.63. The summed E-state index contributed by atoms with van der Waals surface area (Å²) in [5.41, 5.74) is 1.65. The molecule has 170 valence electrons. The second kappa shape index (κ2) is 10.6. The van der Waals surface area contributed by atoms with Crippen LogP contribution in [0, 0.1) is 0 Å². The maximum absolute atomic E-state index is 5.50. The van der Waals surface area contributed by atoms with Crippen molar-refractivity contribution in [2.45, 2.75) is 24.2 Å². The highest BCUT2D eigenvalue weighted by atomic mass is 32.2. The molecule has 2 aromatic heterocycles. The third-order valence-electron chi connectivity index (χ3n) is 4.31. The molecule has 0 atom stereocenters. The van der Waals surface area contributed by atoms with Crippen LogP contribution < -0.4 is 20.1 Å². The number of benzene rings is 2. The van der Waals surface area contributed by atoms with E-state index in [1.165, 1.54) is 11.8 Å². The zero-order chi connectivity index (χ0) is 23.0. The minimum absolute atomic E-state index is 0.396. The fraction of sp³-hybridized carbons (Fsp3) is 0.227. The number of nitrogens with one attached hydrogen (secondary N) is 2. The largest absolute Gasteiger partial charge is 0.494 e. The number of rotatable bonds is 10. The average Bonchev–Trinajstić information content (AvgIpc) is 3.21. The number of ether oxygens (including phenoxy) is 2. The van der Waals surface area contributed by atoms with Crippen LogP contribution in [-0.2, 0) is 7.05 Å². The van der Waals surface area contributed by atoms with Crippen LogP contribution >= 0.6 is 11.8 Å². The Morgan fingerprint density at radius 2 is 1.30 bits per heavy atom. The van der Waals surface area contributed by atoms with Gasteiger partial charge in [-0.2, -0.15) is 15.0 Å². The zero-order valence-corrected chi connectivity index (χ0v) is 19.3. The summed E-state index contributed by atoms with van der Waals surface area (Å²) >= 11 is 1.30. The van der Waals surface area contributed by atoms with Crippen molar-refractivity contribution in [2.75, 3.05) is 23.8 Å². The van der Waals surface area contributed by atoms with Gasteiger partial charge in [-0.3, -0.25) is 0 Å². The Labute approximate surface area is 195 Å². The van der Waals surface area contributed by atoms with E-state index in [9.17, 15) is 0 Å². The van der Waals surface area contributed by atoms with Crippen LogP contribution in [0.5, 0.6) is 11.5 Å². The quantitative estimate of drug-likeness (QED) is 0.349. The molecule has 0 fully saturated rings. The zero-order valence-electron chi connectivity index (χ0n) is 18.5. The van der Waals surface area contributed by atoms with Crippen molar-refractivity contribution in [3.8, 4) is 11.5 Å². The molecule has 0 spiro atoms. The predicted octanol–water partition coefficient (Wildman–Crippen LogP) is 4.44. The molecule has 11 heteroatoms. The topological polar surface area (TPSA) is 112 Å². The molecule has 0 aliphatic heterocycles. The lowest BCUT2D eigenvalue weighted by Gasteiger charge is -2.11. The Hall–Kier alpha value is -3.86. The predicted molar refractivity (Wildman–Crippen MR) is 127 cm³/mol. The second-order valence-corrected chi connectivity index (χ2v) is 7.69. The normalized spacial score (nSPS) is 10.6. The Balaban J connectivity index is 1.59. The van der Waals surface area contributed by atoms with Crippen LogP contribution in [0.25, 0.3) is 0 Å². The third kappa shape index (κ3) is 6.10. The van der Waals surface area contributed by atoms with Crippen LogP contribution in [0.2, 0.25) is 0 Å². The first-order valence-corrected chi connectivity index (χ1v) is 11.2. The lowest BCUT2D eigenvalue weighted by molar-refractivity contribution is 0.340. The molecular weight excluding hydrogens is 440 g/mol. The van der Waals surface area contributed by atoms with E-state index in [4.69, 9.17) is 9.47 Å². The van der Waals surface area contributed by atoms with Gasteiger partial charge in [-0.1, -0.05) is 0 Å². The molecule has 4 aromatic rings. The molecule has 2 heterocycles. The summed E-state index contributed by atoms with van der Waals surface area (Å²) in [5, 5.41) is 15.6. The van der Waals surface area contributed by atoms with Gasteiger partial charge in [-0.25, -0.2) is 0 Å². The van der Waals surface area contributed by atoms with E-state index in [1.807, 2.05) is 69.4 Å². The van der Waals surface area contributed by atoms with Crippen molar-refractivity contribution in [3.63, 3.8) is 0 Å². The SMILES string of the molecule is CCOc1ccc(Nc2nc(Nc3ccc(OCC)cc3)nc(Sc3nncn3C)n2)cc1. The Bertz CT molecular complexity index is 1110. The molecule has 0 amide bonds. The van der Waals surface area contributed by atoms with E-state index in [2.05, 4.69) is 35.8 Å². The van der Waals surface area contributed by atoms with Gasteiger partial charge >= 0.3 is 0 Å². The highest BCUT2D eigenvalue weighted by Gasteiger charge is 2.12. The van der Waals surface area contributed by atoms with Crippen LogP contribution in [0.15, 0.2) is 65.2 Å². The van der Waals surface area contributed by atoms with Crippen molar-refractivity contribution < 1.29 is 9.47 Å². The molecule has 0 bridgehead atoms. The van der Waals surface area contributed by atoms with Gasteiger partial charge in [0.2, 0.25) is 17.1 Å². The summed E-state index contributed by atoms with van der Waals surface area (Å²) in [6.45, 7) is 5.13. The molecule has 0 aliphatic rings. The van der Waals surface area contributed by atoms with Gasteiger partial charge in [0.05, 0.1) is 13.2 Å². The summed E-state index contributed by atoms with van der Waals surface area (Å²) in [7, 11) is 1.86. The van der Waals surface area contributed by atoms with Gasteiger partial charge in [0.25, 0.3) is 0 Å². The first kappa shape index (κ1) is 22.3. The number of aryl methyl sites for hydroxylation is 1. The summed E-state index contributed by atoms with van der Waals surface area (Å²) in [4.78, 5) is 13.6. The number of aromatic nitrogens is 6. The lowest BCUT2D eigenvalue weighted by atomic mass is 10.3. The molecule has 4 rings (SSSR count). The van der Waals surface area contributed by atoms with Gasteiger partial charge in [0, 0.05) is 18.4 Å². The van der Waals surface area contributed by atoms with Crippen LogP contribution in [0.1, 0.15) is 13.8 Å². The van der Waals surface area contributed by atoms with E-state index in [0.717, 1.165) is 22.9 Å². The molecule has 0 aliphatic carbocycles. The molecule has 2 N–H and O–H groups in total. The van der Waals surface area contributed by atoms with E-state index in [0.29, 0.717) is 35.4 Å². The first-order chi connectivity index (χ1) is 16.1.